The summed E-state index contributed by atoms with van der Waals surface area (Å²) >= 11 is 9.21. The third-order valence-electron chi connectivity index (χ3n) is 3.25. The molecule has 1 aromatic heterocycles. The van der Waals surface area contributed by atoms with Gasteiger partial charge in [-0.3, -0.25) is 0 Å². The second kappa shape index (κ2) is 8.72. The number of hydrogen-bond acceptors (Lipinski definition) is 5. The van der Waals surface area contributed by atoms with Crippen molar-refractivity contribution in [3.8, 4) is 6.07 Å². The molecule has 0 atom stereocenters. The van der Waals surface area contributed by atoms with Crippen LogP contribution in [0.3, 0.4) is 0 Å². The van der Waals surface area contributed by atoms with E-state index in [0.29, 0.717) is 5.56 Å². The first-order chi connectivity index (χ1) is 12.2. The number of halogens is 1. The highest BCUT2D eigenvalue weighted by molar-refractivity contribution is 8.01. The average molecular weight is 385 g/mol. The van der Waals surface area contributed by atoms with E-state index in [4.69, 9.17) is 21.7 Å². The van der Waals surface area contributed by atoms with E-state index < -0.39 is 0 Å². The zero-order chi connectivity index (χ0) is 17.5. The van der Waals surface area contributed by atoms with Crippen molar-refractivity contribution in [2.24, 2.45) is 5.16 Å². The number of oxime groups is 1. The third-order valence-corrected chi connectivity index (χ3v) is 5.66. The van der Waals surface area contributed by atoms with Crippen molar-refractivity contribution >= 4 is 40.9 Å². The molecule has 3 rings (SSSR count). The Kier molecular flexibility index (Phi) is 6.13. The van der Waals surface area contributed by atoms with Crippen LogP contribution < -0.4 is 0 Å². The van der Waals surface area contributed by atoms with Crippen molar-refractivity contribution in [2.45, 2.75) is 15.7 Å². The van der Waals surface area contributed by atoms with Crippen LogP contribution in [0.25, 0.3) is 0 Å². The van der Waals surface area contributed by atoms with Gasteiger partial charge < -0.3 is 4.84 Å². The lowest BCUT2D eigenvalue weighted by Crippen LogP contribution is -1.91. The minimum absolute atomic E-state index is 0.276. The van der Waals surface area contributed by atoms with Gasteiger partial charge in [-0.2, -0.15) is 5.26 Å². The monoisotopic (exact) mass is 384 g/mol. The highest BCUT2D eigenvalue weighted by Gasteiger charge is 2.02. The summed E-state index contributed by atoms with van der Waals surface area (Å²) in [6.45, 7) is 0.276. The van der Waals surface area contributed by atoms with E-state index in [9.17, 15) is 0 Å². The molecule has 6 heteroatoms. The summed E-state index contributed by atoms with van der Waals surface area (Å²) in [5.74, 6) is 0. The van der Waals surface area contributed by atoms with Crippen LogP contribution in [0.5, 0.6) is 0 Å². The van der Waals surface area contributed by atoms with Crippen LogP contribution >= 0.6 is 34.7 Å². The molecule has 124 valence electrons. The lowest BCUT2D eigenvalue weighted by atomic mass is 10.1. The predicted molar refractivity (Wildman–Crippen MR) is 103 cm³/mol. The Hall–Kier alpha value is -2.26. The molecule has 0 aliphatic heterocycles. The van der Waals surface area contributed by atoms with Gasteiger partial charge >= 0.3 is 0 Å². The lowest BCUT2D eigenvalue weighted by Gasteiger charge is -2.01. The maximum absolute atomic E-state index is 9.04. The van der Waals surface area contributed by atoms with Gasteiger partial charge in [0, 0.05) is 20.4 Å². The van der Waals surface area contributed by atoms with E-state index in [0.717, 1.165) is 20.4 Å². The van der Waals surface area contributed by atoms with Gasteiger partial charge in [0.15, 0.2) is 0 Å². The quantitative estimate of drug-likeness (QED) is 0.388. The molecule has 0 aliphatic rings. The van der Waals surface area contributed by atoms with E-state index in [1.807, 2.05) is 48.5 Å². The van der Waals surface area contributed by atoms with Gasteiger partial charge in [-0.25, -0.2) is 0 Å². The normalized spacial score (nSPS) is 10.7. The van der Waals surface area contributed by atoms with Crippen LogP contribution in [-0.4, -0.2) is 6.21 Å². The molecule has 0 saturated carbocycles. The highest BCUT2D eigenvalue weighted by Crippen LogP contribution is 2.33. The Labute approximate surface area is 159 Å². The standard InChI is InChI=1S/C19H13ClN2OS2/c20-16-5-7-17(8-6-16)24-19-10-9-18(25-19)12-22-23-13-15-4-2-1-3-14(15)11-21/h1-10,12H,13H2/b22-12-. The molecule has 25 heavy (non-hydrogen) atoms. The Morgan fingerprint density at radius 1 is 1.12 bits per heavy atom. The first-order valence-corrected chi connectivity index (χ1v) is 9.42. The van der Waals surface area contributed by atoms with Crippen LogP contribution in [0.2, 0.25) is 5.02 Å². The van der Waals surface area contributed by atoms with Gasteiger partial charge in [-0.05, 0) is 42.5 Å². The Balaban J connectivity index is 1.55. The van der Waals surface area contributed by atoms with Crippen molar-refractivity contribution in [3.63, 3.8) is 0 Å². The van der Waals surface area contributed by atoms with E-state index in [-0.39, 0.29) is 6.61 Å². The highest BCUT2D eigenvalue weighted by atomic mass is 35.5. The Morgan fingerprint density at radius 3 is 2.72 bits per heavy atom. The SMILES string of the molecule is N#Cc1ccccc1CO/N=C\c1ccc(Sc2ccc(Cl)cc2)s1. The van der Waals surface area contributed by atoms with Gasteiger partial charge in [-0.1, -0.05) is 46.7 Å². The van der Waals surface area contributed by atoms with Gasteiger partial charge in [0.25, 0.3) is 0 Å². The second-order valence-corrected chi connectivity index (χ2v) is 7.92. The predicted octanol–water partition coefficient (Wildman–Crippen LogP) is 5.98. The van der Waals surface area contributed by atoms with Crippen LogP contribution in [0, 0.1) is 11.3 Å². The zero-order valence-electron chi connectivity index (χ0n) is 13.1. The average Bonchev–Trinajstić information content (AvgIpc) is 3.08. The summed E-state index contributed by atoms with van der Waals surface area (Å²) in [6.07, 6.45) is 1.69. The number of nitriles is 1. The molecule has 1 heterocycles. The van der Waals surface area contributed by atoms with Crippen LogP contribution in [0.4, 0.5) is 0 Å². The van der Waals surface area contributed by atoms with Crippen LogP contribution in [-0.2, 0) is 11.4 Å². The molecular weight excluding hydrogens is 372 g/mol. The van der Waals surface area contributed by atoms with Crippen molar-refractivity contribution in [2.75, 3.05) is 0 Å². The van der Waals surface area contributed by atoms with E-state index >= 15 is 0 Å². The molecule has 3 aromatic rings. The van der Waals surface area contributed by atoms with Gasteiger partial charge in [-0.15, -0.1) is 11.3 Å². The molecule has 0 N–H and O–H groups in total. The maximum atomic E-state index is 9.04. The van der Waals surface area contributed by atoms with E-state index in [2.05, 4.69) is 17.3 Å². The molecule has 0 aliphatic carbocycles. The van der Waals surface area contributed by atoms with Gasteiger partial charge in [0.05, 0.1) is 22.1 Å². The van der Waals surface area contributed by atoms with E-state index in [1.54, 1.807) is 35.4 Å². The molecule has 0 spiro atoms. The smallest absolute Gasteiger partial charge is 0.143 e. The topological polar surface area (TPSA) is 45.4 Å². The number of rotatable bonds is 6. The minimum Gasteiger partial charge on any atom is -0.391 e. The summed E-state index contributed by atoms with van der Waals surface area (Å²) in [5, 5.41) is 13.8. The van der Waals surface area contributed by atoms with E-state index in [1.165, 1.54) is 4.21 Å². The Morgan fingerprint density at radius 2 is 1.92 bits per heavy atom. The lowest BCUT2D eigenvalue weighted by molar-refractivity contribution is 0.132. The number of hydrogen-bond donors (Lipinski definition) is 0. The zero-order valence-corrected chi connectivity index (χ0v) is 15.4. The van der Waals surface area contributed by atoms with Crippen molar-refractivity contribution in [3.05, 3.63) is 81.7 Å². The summed E-state index contributed by atoms with van der Waals surface area (Å²) in [4.78, 5) is 7.45. The van der Waals surface area contributed by atoms with Crippen molar-refractivity contribution in [1.82, 2.24) is 0 Å². The molecule has 3 nitrogen and oxygen atoms in total. The first kappa shape index (κ1) is 17.6. The summed E-state index contributed by atoms with van der Waals surface area (Å²) < 4.78 is 1.17. The minimum atomic E-state index is 0.276. The Bertz CT molecular complexity index is 914. The van der Waals surface area contributed by atoms with Crippen molar-refractivity contribution < 1.29 is 4.84 Å². The first-order valence-electron chi connectivity index (χ1n) is 7.41. The number of nitrogens with zero attached hydrogens (tertiary/aromatic N) is 2. The summed E-state index contributed by atoms with van der Waals surface area (Å²) in [5.41, 5.74) is 1.43. The molecule has 0 amide bonds. The largest absolute Gasteiger partial charge is 0.391 e. The summed E-state index contributed by atoms with van der Waals surface area (Å²) in [7, 11) is 0. The number of thiophene rings is 1. The molecule has 0 radical (unpaired) electrons. The molecule has 0 saturated heterocycles. The molecule has 0 bridgehead atoms. The fourth-order valence-corrected chi connectivity index (χ4v) is 4.14. The molecule has 2 aromatic carbocycles. The molecule has 0 fully saturated rings. The van der Waals surface area contributed by atoms with Gasteiger partial charge in [0.2, 0.25) is 0 Å². The van der Waals surface area contributed by atoms with Gasteiger partial charge in [0.1, 0.15) is 6.61 Å². The summed E-state index contributed by atoms with van der Waals surface area (Å²) in [6, 6.07) is 21.3. The molecular formula is C19H13ClN2OS2. The second-order valence-electron chi connectivity index (χ2n) is 4.99. The maximum Gasteiger partial charge on any atom is 0.143 e. The molecule has 0 unspecified atom stereocenters. The van der Waals surface area contributed by atoms with Crippen molar-refractivity contribution in [1.29, 1.82) is 5.26 Å². The third kappa shape index (κ3) is 5.10. The fourth-order valence-electron chi connectivity index (χ4n) is 2.03. The van der Waals surface area contributed by atoms with Crippen LogP contribution in [0.1, 0.15) is 16.0 Å². The fraction of sp³-hybridized carbons (Fsp3) is 0.0526. The van der Waals surface area contributed by atoms with Crippen LogP contribution in [0.15, 0.2) is 74.9 Å². The number of benzene rings is 2.